The minimum absolute atomic E-state index is 0.0258. The first kappa shape index (κ1) is 22.5. The van der Waals surface area contributed by atoms with Crippen LogP contribution in [0.2, 0.25) is 5.02 Å². The van der Waals surface area contributed by atoms with E-state index in [0.717, 1.165) is 5.69 Å². The summed E-state index contributed by atoms with van der Waals surface area (Å²) in [5.74, 6) is 0.988. The van der Waals surface area contributed by atoms with E-state index in [2.05, 4.69) is 10.2 Å². The number of rotatable bonds is 8. The van der Waals surface area contributed by atoms with E-state index in [9.17, 15) is 14.9 Å². The summed E-state index contributed by atoms with van der Waals surface area (Å²) in [5.41, 5.74) is 1.59. The number of carbonyl (C=O) groups is 1. The van der Waals surface area contributed by atoms with Crippen molar-refractivity contribution in [1.29, 1.82) is 0 Å². The van der Waals surface area contributed by atoms with Gasteiger partial charge in [0.25, 0.3) is 5.69 Å². The lowest BCUT2D eigenvalue weighted by atomic mass is 10.1. The molecule has 1 heterocycles. The quantitative estimate of drug-likeness (QED) is 0.142. The summed E-state index contributed by atoms with van der Waals surface area (Å²) in [7, 11) is 1.59. The van der Waals surface area contributed by atoms with Crippen molar-refractivity contribution in [2.24, 2.45) is 0 Å². The number of non-ortho nitro benzene ring substituents is 1. The molecule has 0 spiro atoms. The number of aromatic nitrogens is 3. The van der Waals surface area contributed by atoms with Gasteiger partial charge in [-0.1, -0.05) is 47.6 Å². The van der Waals surface area contributed by atoms with Crippen LogP contribution in [0.1, 0.15) is 10.4 Å². The number of methoxy groups -OCH3 is 1. The zero-order chi connectivity index (χ0) is 23.4. The number of halogens is 1. The van der Waals surface area contributed by atoms with Crippen LogP contribution in [0.4, 0.5) is 5.69 Å². The second-order valence-electron chi connectivity index (χ2n) is 6.84. The van der Waals surface area contributed by atoms with E-state index < -0.39 is 4.92 Å². The Labute approximate surface area is 198 Å². The van der Waals surface area contributed by atoms with Gasteiger partial charge in [0, 0.05) is 28.9 Å². The van der Waals surface area contributed by atoms with Gasteiger partial charge in [-0.05, 0) is 36.4 Å². The molecule has 0 amide bonds. The molecule has 8 nitrogen and oxygen atoms in total. The summed E-state index contributed by atoms with van der Waals surface area (Å²) in [6.45, 7) is 0. The molecule has 0 bridgehead atoms. The number of nitro benzene ring substituents is 1. The van der Waals surface area contributed by atoms with Crippen molar-refractivity contribution in [1.82, 2.24) is 14.8 Å². The van der Waals surface area contributed by atoms with E-state index in [0.29, 0.717) is 27.3 Å². The standard InChI is InChI=1S/C23H17ClN4O4S/c1-32-18-11-9-16(10-12-18)27-22(19-7-2-3-8-20(19)24)25-26-23(27)33-14-21(29)15-5-4-6-17(13-15)28(30)31/h2-13H,14H2,1H3. The Hall–Kier alpha value is -3.69. The third kappa shape index (κ3) is 4.89. The van der Waals surface area contributed by atoms with E-state index in [-0.39, 0.29) is 22.8 Å². The fourth-order valence-electron chi connectivity index (χ4n) is 3.15. The minimum atomic E-state index is -0.528. The van der Waals surface area contributed by atoms with Crippen LogP contribution in [0.25, 0.3) is 17.1 Å². The van der Waals surface area contributed by atoms with Gasteiger partial charge >= 0.3 is 0 Å². The summed E-state index contributed by atoms with van der Waals surface area (Å²) in [5, 5.41) is 20.6. The predicted molar refractivity (Wildman–Crippen MR) is 127 cm³/mol. The van der Waals surface area contributed by atoms with Crippen LogP contribution in [0, 0.1) is 10.1 Å². The van der Waals surface area contributed by atoms with Gasteiger partial charge in [0.15, 0.2) is 16.8 Å². The second-order valence-corrected chi connectivity index (χ2v) is 8.19. The van der Waals surface area contributed by atoms with Gasteiger partial charge in [-0.3, -0.25) is 19.5 Å². The highest BCUT2D eigenvalue weighted by Gasteiger charge is 2.20. The number of hydrogen-bond donors (Lipinski definition) is 0. The maximum absolute atomic E-state index is 12.7. The minimum Gasteiger partial charge on any atom is -0.497 e. The Bertz CT molecular complexity index is 1320. The molecule has 0 atom stereocenters. The van der Waals surface area contributed by atoms with Crippen LogP contribution in [-0.2, 0) is 0 Å². The fraction of sp³-hybridized carbons (Fsp3) is 0.0870. The lowest BCUT2D eigenvalue weighted by Crippen LogP contribution is -2.05. The molecule has 4 aromatic rings. The normalized spacial score (nSPS) is 10.7. The van der Waals surface area contributed by atoms with Crippen molar-refractivity contribution in [2.45, 2.75) is 5.16 Å². The SMILES string of the molecule is COc1ccc(-n2c(SCC(=O)c3cccc([N+](=O)[O-])c3)nnc2-c2ccccc2Cl)cc1. The number of ketones is 1. The zero-order valence-corrected chi connectivity index (χ0v) is 18.9. The molecule has 0 aliphatic rings. The fourth-order valence-corrected chi connectivity index (χ4v) is 4.22. The first-order valence-corrected chi connectivity index (χ1v) is 11.1. The number of ether oxygens (including phenoxy) is 1. The molecular weight excluding hydrogens is 464 g/mol. The van der Waals surface area contributed by atoms with Gasteiger partial charge in [0.1, 0.15) is 5.75 Å². The topological polar surface area (TPSA) is 100 Å². The number of hydrogen-bond acceptors (Lipinski definition) is 7. The Morgan fingerprint density at radius 2 is 1.85 bits per heavy atom. The number of benzene rings is 3. The van der Waals surface area contributed by atoms with Crippen molar-refractivity contribution in [3.8, 4) is 22.8 Å². The van der Waals surface area contributed by atoms with Crippen molar-refractivity contribution in [2.75, 3.05) is 12.9 Å². The molecule has 0 N–H and O–H groups in total. The van der Waals surface area contributed by atoms with Crippen LogP contribution in [0.15, 0.2) is 78.0 Å². The van der Waals surface area contributed by atoms with E-state index in [1.54, 1.807) is 19.2 Å². The number of Topliss-reactive ketones (excluding diaryl/α,β-unsaturated/α-hetero) is 1. The zero-order valence-electron chi connectivity index (χ0n) is 17.3. The van der Waals surface area contributed by atoms with Crippen molar-refractivity contribution in [3.05, 3.63) is 93.5 Å². The third-order valence-electron chi connectivity index (χ3n) is 4.79. The van der Waals surface area contributed by atoms with Crippen LogP contribution in [-0.4, -0.2) is 38.3 Å². The van der Waals surface area contributed by atoms with Gasteiger partial charge in [-0.15, -0.1) is 10.2 Å². The smallest absolute Gasteiger partial charge is 0.270 e. The molecule has 0 aliphatic carbocycles. The molecule has 0 aliphatic heterocycles. The molecule has 0 radical (unpaired) electrons. The molecule has 0 fully saturated rings. The number of thioether (sulfide) groups is 1. The predicted octanol–water partition coefficient (Wildman–Crippen LogP) is 5.48. The molecule has 10 heteroatoms. The lowest BCUT2D eigenvalue weighted by Gasteiger charge is -2.12. The summed E-state index contributed by atoms with van der Waals surface area (Å²) >= 11 is 7.59. The van der Waals surface area contributed by atoms with Gasteiger partial charge in [-0.25, -0.2) is 0 Å². The maximum Gasteiger partial charge on any atom is 0.270 e. The van der Waals surface area contributed by atoms with Crippen LogP contribution in [0.3, 0.4) is 0 Å². The Kier molecular flexibility index (Phi) is 6.71. The van der Waals surface area contributed by atoms with E-state index in [4.69, 9.17) is 16.3 Å². The first-order chi connectivity index (χ1) is 16.0. The number of carbonyl (C=O) groups excluding carboxylic acids is 1. The highest BCUT2D eigenvalue weighted by Crippen LogP contribution is 2.32. The Morgan fingerprint density at radius 3 is 2.55 bits per heavy atom. The number of nitrogens with zero attached hydrogens (tertiary/aromatic N) is 4. The molecule has 0 saturated heterocycles. The third-order valence-corrected chi connectivity index (χ3v) is 6.05. The van der Waals surface area contributed by atoms with Gasteiger partial charge < -0.3 is 4.74 Å². The summed E-state index contributed by atoms with van der Waals surface area (Å²) in [6.07, 6.45) is 0. The van der Waals surface area contributed by atoms with E-state index in [1.807, 2.05) is 47.0 Å². The number of nitro groups is 1. The molecule has 3 aromatic carbocycles. The molecule has 0 unspecified atom stereocenters. The van der Waals surface area contributed by atoms with Crippen LogP contribution >= 0.6 is 23.4 Å². The molecule has 33 heavy (non-hydrogen) atoms. The monoisotopic (exact) mass is 480 g/mol. The largest absolute Gasteiger partial charge is 0.497 e. The van der Waals surface area contributed by atoms with Gasteiger partial charge in [-0.2, -0.15) is 0 Å². The van der Waals surface area contributed by atoms with Crippen molar-refractivity contribution < 1.29 is 14.5 Å². The van der Waals surface area contributed by atoms with Gasteiger partial charge in [0.05, 0.1) is 22.8 Å². The first-order valence-electron chi connectivity index (χ1n) is 9.73. The maximum atomic E-state index is 12.7. The average Bonchev–Trinajstić information content (AvgIpc) is 3.26. The Morgan fingerprint density at radius 1 is 1.09 bits per heavy atom. The molecule has 166 valence electrons. The van der Waals surface area contributed by atoms with Crippen molar-refractivity contribution in [3.63, 3.8) is 0 Å². The van der Waals surface area contributed by atoms with E-state index >= 15 is 0 Å². The van der Waals surface area contributed by atoms with E-state index in [1.165, 1.54) is 30.0 Å². The molecule has 1 aromatic heterocycles. The Balaban J connectivity index is 1.68. The molecule has 0 saturated carbocycles. The average molecular weight is 481 g/mol. The van der Waals surface area contributed by atoms with Crippen LogP contribution in [0.5, 0.6) is 5.75 Å². The highest BCUT2D eigenvalue weighted by molar-refractivity contribution is 7.99. The second kappa shape index (κ2) is 9.85. The summed E-state index contributed by atoms with van der Waals surface area (Å²) < 4.78 is 7.06. The van der Waals surface area contributed by atoms with Crippen molar-refractivity contribution >= 4 is 34.8 Å². The summed E-state index contributed by atoms with van der Waals surface area (Å²) in [4.78, 5) is 23.2. The molecular formula is C23H17ClN4O4S. The van der Waals surface area contributed by atoms with Crippen LogP contribution < -0.4 is 4.74 Å². The highest BCUT2D eigenvalue weighted by atomic mass is 35.5. The molecule has 4 rings (SSSR count). The summed E-state index contributed by atoms with van der Waals surface area (Å²) in [6, 6.07) is 20.3. The lowest BCUT2D eigenvalue weighted by molar-refractivity contribution is -0.384. The van der Waals surface area contributed by atoms with Gasteiger partial charge in [0.2, 0.25) is 0 Å².